The molecule has 0 saturated heterocycles. The number of nitrogens with two attached hydrogens (primary N) is 1. The molecule has 18 heavy (non-hydrogen) atoms. The molecule has 0 aliphatic heterocycles. The molecular formula is C14H24BrNOS. The van der Waals surface area contributed by atoms with Crippen molar-refractivity contribution in [3.8, 4) is 0 Å². The Kier molecular flexibility index (Phi) is 8.15. The van der Waals surface area contributed by atoms with E-state index in [2.05, 4.69) is 41.2 Å². The van der Waals surface area contributed by atoms with Crippen LogP contribution in [-0.4, -0.2) is 12.6 Å². The molecule has 2 unspecified atom stereocenters. The third-order valence-electron chi connectivity index (χ3n) is 3.02. The fraction of sp³-hybridized carbons (Fsp3) is 0.714. The number of unbranched alkanes of at least 4 members (excludes halogenated alkanes) is 3. The summed E-state index contributed by atoms with van der Waals surface area (Å²) < 4.78 is 7.12. The fourth-order valence-corrected chi connectivity index (χ4v) is 3.41. The molecule has 0 aromatic carbocycles. The number of rotatable bonds is 9. The first kappa shape index (κ1) is 16.2. The Hall–Kier alpha value is 0.1000. The lowest BCUT2D eigenvalue weighted by atomic mass is 10.1. The molecule has 1 heterocycles. The molecule has 0 spiro atoms. The molecule has 0 fully saturated rings. The summed E-state index contributed by atoms with van der Waals surface area (Å²) in [6.45, 7) is 5.15. The molecule has 104 valence electrons. The average Bonchev–Trinajstić information content (AvgIpc) is 2.79. The fourth-order valence-electron chi connectivity index (χ4n) is 1.85. The lowest BCUT2D eigenvalue weighted by Gasteiger charge is -2.22. The van der Waals surface area contributed by atoms with Crippen LogP contribution in [-0.2, 0) is 4.74 Å². The molecule has 1 rings (SSSR count). The van der Waals surface area contributed by atoms with Crippen LogP contribution in [0.15, 0.2) is 15.9 Å². The van der Waals surface area contributed by atoms with E-state index in [0.29, 0.717) is 0 Å². The van der Waals surface area contributed by atoms with Crippen LogP contribution in [0.5, 0.6) is 0 Å². The number of hydrogen-bond donors (Lipinski definition) is 1. The Morgan fingerprint density at radius 1 is 1.33 bits per heavy atom. The first-order chi connectivity index (χ1) is 8.69. The molecular weight excluding hydrogens is 310 g/mol. The van der Waals surface area contributed by atoms with Crippen molar-refractivity contribution in [1.82, 2.24) is 0 Å². The van der Waals surface area contributed by atoms with Crippen LogP contribution in [0.2, 0.25) is 0 Å². The van der Waals surface area contributed by atoms with Gasteiger partial charge in [0.15, 0.2) is 0 Å². The summed E-state index contributed by atoms with van der Waals surface area (Å²) in [6.07, 6.45) is 5.92. The van der Waals surface area contributed by atoms with Crippen molar-refractivity contribution in [1.29, 1.82) is 0 Å². The molecule has 4 heteroatoms. The molecule has 0 bridgehead atoms. The van der Waals surface area contributed by atoms with Crippen molar-refractivity contribution in [2.45, 2.75) is 58.1 Å². The van der Waals surface area contributed by atoms with E-state index in [4.69, 9.17) is 10.5 Å². The van der Waals surface area contributed by atoms with Gasteiger partial charge in [-0.3, -0.25) is 0 Å². The highest BCUT2D eigenvalue weighted by Crippen LogP contribution is 2.30. The number of ether oxygens (including phenoxy) is 1. The van der Waals surface area contributed by atoms with Crippen LogP contribution < -0.4 is 5.73 Å². The Balaban J connectivity index is 2.46. The SMILES string of the molecule is CCCCCCOC(c1cc(Br)cs1)C(N)CC. The van der Waals surface area contributed by atoms with Gasteiger partial charge in [-0.25, -0.2) is 0 Å². The molecule has 2 nitrogen and oxygen atoms in total. The smallest absolute Gasteiger partial charge is 0.107 e. The minimum Gasteiger partial charge on any atom is -0.371 e. The highest BCUT2D eigenvalue weighted by molar-refractivity contribution is 9.10. The van der Waals surface area contributed by atoms with Crippen molar-refractivity contribution in [2.75, 3.05) is 6.61 Å². The van der Waals surface area contributed by atoms with E-state index in [1.54, 1.807) is 11.3 Å². The number of thiophene rings is 1. The van der Waals surface area contributed by atoms with Crippen LogP contribution >= 0.6 is 27.3 Å². The minimum absolute atomic E-state index is 0.0490. The van der Waals surface area contributed by atoms with E-state index in [0.717, 1.165) is 23.9 Å². The first-order valence-corrected chi connectivity index (χ1v) is 8.47. The predicted octanol–water partition coefficient (Wildman–Crippen LogP) is 4.89. The number of hydrogen-bond acceptors (Lipinski definition) is 3. The predicted molar refractivity (Wildman–Crippen MR) is 83.1 cm³/mol. The maximum Gasteiger partial charge on any atom is 0.107 e. The van der Waals surface area contributed by atoms with Gasteiger partial charge in [-0.1, -0.05) is 33.1 Å². The monoisotopic (exact) mass is 333 g/mol. The normalized spacial score (nSPS) is 14.7. The molecule has 2 N–H and O–H groups in total. The van der Waals surface area contributed by atoms with Gasteiger partial charge in [0.25, 0.3) is 0 Å². The molecule has 0 aliphatic rings. The van der Waals surface area contributed by atoms with Crippen molar-refractivity contribution in [3.63, 3.8) is 0 Å². The van der Waals surface area contributed by atoms with E-state index in [1.807, 2.05) is 0 Å². The zero-order chi connectivity index (χ0) is 13.4. The Bertz CT molecular complexity index is 329. The highest BCUT2D eigenvalue weighted by atomic mass is 79.9. The van der Waals surface area contributed by atoms with E-state index < -0.39 is 0 Å². The Labute approximate surface area is 123 Å². The summed E-state index contributed by atoms with van der Waals surface area (Å²) >= 11 is 5.21. The van der Waals surface area contributed by atoms with Crippen molar-refractivity contribution in [2.24, 2.45) is 5.73 Å². The van der Waals surface area contributed by atoms with Gasteiger partial charge in [-0.15, -0.1) is 11.3 Å². The zero-order valence-electron chi connectivity index (χ0n) is 11.3. The lowest BCUT2D eigenvalue weighted by molar-refractivity contribution is 0.0335. The standard InChI is InChI=1S/C14H24BrNOS/c1-3-5-6-7-8-17-14(12(16)4-2)13-9-11(15)10-18-13/h9-10,12,14H,3-8,16H2,1-2H3. The van der Waals surface area contributed by atoms with E-state index >= 15 is 0 Å². The summed E-state index contributed by atoms with van der Waals surface area (Å²) in [5, 5.41) is 2.09. The van der Waals surface area contributed by atoms with Crippen LogP contribution in [0.4, 0.5) is 0 Å². The van der Waals surface area contributed by atoms with E-state index in [-0.39, 0.29) is 12.1 Å². The van der Waals surface area contributed by atoms with Gasteiger partial charge < -0.3 is 10.5 Å². The Morgan fingerprint density at radius 2 is 2.11 bits per heavy atom. The summed E-state index contributed by atoms with van der Waals surface area (Å²) in [4.78, 5) is 1.23. The maximum atomic E-state index is 6.17. The van der Waals surface area contributed by atoms with Crippen molar-refractivity contribution < 1.29 is 4.74 Å². The van der Waals surface area contributed by atoms with Gasteiger partial charge in [0.1, 0.15) is 6.10 Å². The summed E-state index contributed by atoms with van der Waals surface area (Å²) in [5.41, 5.74) is 6.17. The first-order valence-electron chi connectivity index (χ1n) is 6.80. The lowest BCUT2D eigenvalue weighted by Crippen LogP contribution is -2.29. The topological polar surface area (TPSA) is 35.2 Å². The third-order valence-corrected chi connectivity index (χ3v) is 4.78. The average molecular weight is 334 g/mol. The van der Waals surface area contributed by atoms with Crippen LogP contribution in [0.25, 0.3) is 0 Å². The molecule has 0 radical (unpaired) electrons. The van der Waals surface area contributed by atoms with Gasteiger partial charge in [-0.2, -0.15) is 0 Å². The second-order valence-electron chi connectivity index (χ2n) is 4.59. The molecule has 1 aromatic rings. The van der Waals surface area contributed by atoms with E-state index in [9.17, 15) is 0 Å². The minimum atomic E-state index is 0.0490. The highest BCUT2D eigenvalue weighted by Gasteiger charge is 2.20. The molecule has 2 atom stereocenters. The summed E-state index contributed by atoms with van der Waals surface area (Å²) in [6, 6.07) is 2.21. The van der Waals surface area contributed by atoms with Gasteiger partial charge in [-0.05, 0) is 34.8 Å². The van der Waals surface area contributed by atoms with E-state index in [1.165, 1.54) is 24.1 Å². The molecule has 0 saturated carbocycles. The van der Waals surface area contributed by atoms with Gasteiger partial charge in [0.2, 0.25) is 0 Å². The number of halogens is 1. The molecule has 1 aromatic heterocycles. The quantitative estimate of drug-likeness (QED) is 0.653. The largest absolute Gasteiger partial charge is 0.371 e. The van der Waals surface area contributed by atoms with Crippen LogP contribution in [0.3, 0.4) is 0 Å². The van der Waals surface area contributed by atoms with Crippen LogP contribution in [0.1, 0.15) is 56.9 Å². The van der Waals surface area contributed by atoms with Crippen molar-refractivity contribution in [3.05, 3.63) is 20.8 Å². The summed E-state index contributed by atoms with van der Waals surface area (Å²) in [7, 11) is 0. The zero-order valence-corrected chi connectivity index (χ0v) is 13.7. The Morgan fingerprint density at radius 3 is 2.67 bits per heavy atom. The van der Waals surface area contributed by atoms with Gasteiger partial charge in [0, 0.05) is 27.4 Å². The van der Waals surface area contributed by atoms with Crippen molar-refractivity contribution >= 4 is 27.3 Å². The molecule has 0 amide bonds. The molecule has 0 aliphatic carbocycles. The maximum absolute atomic E-state index is 6.17. The van der Waals surface area contributed by atoms with Gasteiger partial charge >= 0.3 is 0 Å². The van der Waals surface area contributed by atoms with Gasteiger partial charge in [0.05, 0.1) is 0 Å². The second-order valence-corrected chi connectivity index (χ2v) is 6.45. The van der Waals surface area contributed by atoms with Crippen LogP contribution in [0, 0.1) is 0 Å². The second kappa shape index (κ2) is 9.08. The summed E-state index contributed by atoms with van der Waals surface area (Å²) in [5.74, 6) is 0. The third kappa shape index (κ3) is 5.39.